The third-order valence-electron chi connectivity index (χ3n) is 2.95. The number of hydrogen-bond donors (Lipinski definition) is 2. The minimum absolute atomic E-state index is 0.240. The summed E-state index contributed by atoms with van der Waals surface area (Å²) in [6.45, 7) is 4.32. The highest BCUT2D eigenvalue weighted by Gasteiger charge is 2.07. The minimum atomic E-state index is 0.240. The number of phenols is 1. The first-order valence-corrected chi connectivity index (χ1v) is 6.27. The van der Waals surface area contributed by atoms with Crippen LogP contribution in [0.25, 0.3) is 16.9 Å². The van der Waals surface area contributed by atoms with E-state index < -0.39 is 0 Å². The van der Waals surface area contributed by atoms with Gasteiger partial charge in [0.1, 0.15) is 11.6 Å². The molecule has 0 fully saturated rings. The number of aromatic hydroxyl groups is 1. The Balaban J connectivity index is 2.06. The van der Waals surface area contributed by atoms with Crippen LogP contribution < -0.4 is 5.32 Å². The molecule has 0 aliphatic heterocycles. The molecule has 0 aliphatic carbocycles. The Morgan fingerprint density at radius 3 is 2.75 bits per heavy atom. The van der Waals surface area contributed by atoms with Crippen molar-refractivity contribution in [3.8, 4) is 17.0 Å². The van der Waals surface area contributed by atoms with Gasteiger partial charge in [-0.05, 0) is 36.4 Å². The molecule has 0 atom stereocenters. The van der Waals surface area contributed by atoms with Crippen molar-refractivity contribution in [1.82, 2.24) is 14.6 Å². The van der Waals surface area contributed by atoms with Crippen molar-refractivity contribution >= 4 is 11.5 Å². The maximum atomic E-state index is 9.35. The molecular weight excluding hydrogens is 252 g/mol. The average Bonchev–Trinajstić information content (AvgIpc) is 2.89. The summed E-state index contributed by atoms with van der Waals surface area (Å²) in [5.41, 5.74) is 2.60. The van der Waals surface area contributed by atoms with Crippen LogP contribution in [-0.2, 0) is 0 Å². The molecule has 5 nitrogen and oxygen atoms in total. The molecule has 0 radical (unpaired) electrons. The van der Waals surface area contributed by atoms with Gasteiger partial charge in [0.2, 0.25) is 0 Å². The van der Waals surface area contributed by atoms with Gasteiger partial charge in [0.25, 0.3) is 0 Å². The topological polar surface area (TPSA) is 62.5 Å². The van der Waals surface area contributed by atoms with Gasteiger partial charge < -0.3 is 10.4 Å². The number of rotatable bonds is 4. The van der Waals surface area contributed by atoms with Crippen molar-refractivity contribution in [3.63, 3.8) is 0 Å². The van der Waals surface area contributed by atoms with E-state index in [1.807, 2.05) is 24.3 Å². The molecule has 5 heteroatoms. The maximum absolute atomic E-state index is 9.35. The van der Waals surface area contributed by atoms with Crippen LogP contribution in [0, 0.1) is 0 Å². The summed E-state index contributed by atoms with van der Waals surface area (Å²) < 4.78 is 1.78. The van der Waals surface area contributed by atoms with E-state index in [1.165, 1.54) is 0 Å². The zero-order valence-corrected chi connectivity index (χ0v) is 10.8. The highest BCUT2D eigenvalue weighted by Crippen LogP contribution is 2.22. The number of nitrogens with one attached hydrogen (secondary N) is 1. The van der Waals surface area contributed by atoms with Crippen LogP contribution in [0.5, 0.6) is 5.75 Å². The van der Waals surface area contributed by atoms with Gasteiger partial charge in [-0.25, -0.2) is 9.50 Å². The lowest BCUT2D eigenvalue weighted by Crippen LogP contribution is -2.04. The maximum Gasteiger partial charge on any atom is 0.154 e. The average molecular weight is 266 g/mol. The first kappa shape index (κ1) is 12.2. The van der Waals surface area contributed by atoms with E-state index in [9.17, 15) is 5.11 Å². The molecule has 0 unspecified atom stereocenters. The molecule has 20 heavy (non-hydrogen) atoms. The fraction of sp³-hybridized carbons (Fsp3) is 0.0667. The fourth-order valence-electron chi connectivity index (χ4n) is 1.97. The third-order valence-corrected chi connectivity index (χ3v) is 2.95. The lowest BCUT2D eigenvalue weighted by atomic mass is 10.2. The third kappa shape index (κ3) is 2.21. The number of phenolic OH excluding ortho intramolecular Hbond substituents is 1. The van der Waals surface area contributed by atoms with Crippen LogP contribution in [0.2, 0.25) is 0 Å². The second-order valence-corrected chi connectivity index (χ2v) is 4.35. The molecule has 1 aromatic carbocycles. The molecule has 0 amide bonds. The molecule has 100 valence electrons. The SMILES string of the molecule is C=CCNc1ccc2ncc(-c3ccc(O)cc3)n2n1. The summed E-state index contributed by atoms with van der Waals surface area (Å²) in [6.07, 6.45) is 3.55. The Labute approximate surface area is 116 Å². The second-order valence-electron chi connectivity index (χ2n) is 4.35. The zero-order chi connectivity index (χ0) is 13.9. The lowest BCUT2D eigenvalue weighted by Gasteiger charge is -2.05. The predicted octanol–water partition coefficient (Wildman–Crippen LogP) is 2.70. The quantitative estimate of drug-likeness (QED) is 0.713. The normalized spacial score (nSPS) is 10.6. The van der Waals surface area contributed by atoms with Gasteiger partial charge in [-0.15, -0.1) is 11.7 Å². The molecule has 0 bridgehead atoms. The van der Waals surface area contributed by atoms with Gasteiger partial charge in [0.15, 0.2) is 5.65 Å². The van der Waals surface area contributed by atoms with Gasteiger partial charge in [0.05, 0.1) is 11.9 Å². The van der Waals surface area contributed by atoms with E-state index in [2.05, 4.69) is 22.0 Å². The van der Waals surface area contributed by atoms with E-state index in [-0.39, 0.29) is 5.75 Å². The molecule has 3 rings (SSSR count). The molecular formula is C15H14N4O. The summed E-state index contributed by atoms with van der Waals surface area (Å²) in [4.78, 5) is 4.33. The molecule has 2 heterocycles. The zero-order valence-electron chi connectivity index (χ0n) is 10.8. The molecule has 3 aromatic rings. The van der Waals surface area contributed by atoms with Gasteiger partial charge in [-0.1, -0.05) is 6.08 Å². The van der Waals surface area contributed by atoms with Crippen LogP contribution in [-0.4, -0.2) is 26.2 Å². The minimum Gasteiger partial charge on any atom is -0.508 e. The molecule has 0 saturated carbocycles. The van der Waals surface area contributed by atoms with Crippen molar-refractivity contribution in [2.45, 2.75) is 0 Å². The van der Waals surface area contributed by atoms with Crippen molar-refractivity contribution in [2.75, 3.05) is 11.9 Å². The largest absolute Gasteiger partial charge is 0.508 e. The highest BCUT2D eigenvalue weighted by molar-refractivity contribution is 5.64. The van der Waals surface area contributed by atoms with Crippen molar-refractivity contribution in [3.05, 3.63) is 55.3 Å². The Morgan fingerprint density at radius 2 is 2.00 bits per heavy atom. The Kier molecular flexibility index (Phi) is 3.09. The van der Waals surface area contributed by atoms with E-state index in [0.717, 1.165) is 22.7 Å². The summed E-state index contributed by atoms with van der Waals surface area (Å²) in [5.74, 6) is 0.999. The highest BCUT2D eigenvalue weighted by atomic mass is 16.3. The first-order chi connectivity index (χ1) is 9.78. The smallest absolute Gasteiger partial charge is 0.154 e. The fourth-order valence-corrected chi connectivity index (χ4v) is 1.97. The monoisotopic (exact) mass is 266 g/mol. The van der Waals surface area contributed by atoms with Crippen LogP contribution in [0.15, 0.2) is 55.3 Å². The number of aromatic nitrogens is 3. The molecule has 0 saturated heterocycles. The number of fused-ring (bicyclic) bond motifs is 1. The van der Waals surface area contributed by atoms with Gasteiger partial charge in [0, 0.05) is 12.1 Å². The van der Waals surface area contributed by atoms with E-state index in [4.69, 9.17) is 0 Å². The molecule has 0 spiro atoms. The summed E-state index contributed by atoms with van der Waals surface area (Å²) in [6, 6.07) is 10.8. The predicted molar refractivity (Wildman–Crippen MR) is 78.8 cm³/mol. The first-order valence-electron chi connectivity index (χ1n) is 6.27. The van der Waals surface area contributed by atoms with Crippen molar-refractivity contribution < 1.29 is 5.11 Å². The number of anilines is 1. The number of imidazole rings is 1. The van der Waals surface area contributed by atoms with Crippen LogP contribution >= 0.6 is 0 Å². The van der Waals surface area contributed by atoms with Gasteiger partial charge in [-0.3, -0.25) is 0 Å². The Hall–Kier alpha value is -2.82. The lowest BCUT2D eigenvalue weighted by molar-refractivity contribution is 0.475. The van der Waals surface area contributed by atoms with Crippen molar-refractivity contribution in [2.24, 2.45) is 0 Å². The molecule has 2 aromatic heterocycles. The van der Waals surface area contributed by atoms with E-state index in [1.54, 1.807) is 28.9 Å². The summed E-state index contributed by atoms with van der Waals surface area (Å²) >= 11 is 0. The summed E-state index contributed by atoms with van der Waals surface area (Å²) in [7, 11) is 0. The van der Waals surface area contributed by atoms with Gasteiger partial charge >= 0.3 is 0 Å². The van der Waals surface area contributed by atoms with E-state index >= 15 is 0 Å². The van der Waals surface area contributed by atoms with Crippen LogP contribution in [0.4, 0.5) is 5.82 Å². The van der Waals surface area contributed by atoms with Crippen molar-refractivity contribution in [1.29, 1.82) is 0 Å². The van der Waals surface area contributed by atoms with Crippen LogP contribution in [0.1, 0.15) is 0 Å². The standard InChI is InChI=1S/C15H14N4O/c1-2-9-16-14-7-8-15-17-10-13(19(15)18-14)11-3-5-12(20)6-4-11/h2-8,10,20H,1,9H2,(H,16,18). The Morgan fingerprint density at radius 1 is 1.20 bits per heavy atom. The van der Waals surface area contributed by atoms with Crippen LogP contribution in [0.3, 0.4) is 0 Å². The molecule has 0 aliphatic rings. The van der Waals surface area contributed by atoms with E-state index in [0.29, 0.717) is 6.54 Å². The Bertz CT molecular complexity index is 746. The number of benzene rings is 1. The summed E-state index contributed by atoms with van der Waals surface area (Å²) in [5, 5.41) is 17.0. The molecule has 2 N–H and O–H groups in total. The second kappa shape index (κ2) is 5.05. The van der Waals surface area contributed by atoms with Gasteiger partial charge in [-0.2, -0.15) is 0 Å². The number of nitrogens with zero attached hydrogens (tertiary/aromatic N) is 3. The number of hydrogen-bond acceptors (Lipinski definition) is 4.